The van der Waals surface area contributed by atoms with E-state index in [1.54, 1.807) is 17.0 Å². The molecule has 2 amide bonds. The van der Waals surface area contributed by atoms with Crippen molar-refractivity contribution in [1.82, 2.24) is 5.32 Å². The van der Waals surface area contributed by atoms with E-state index in [0.717, 1.165) is 29.8 Å². The number of hydrogen-bond donors (Lipinski definition) is 1. The van der Waals surface area contributed by atoms with E-state index in [1.165, 1.54) is 0 Å². The average molecular weight is 352 g/mol. The van der Waals surface area contributed by atoms with Crippen molar-refractivity contribution in [1.29, 1.82) is 0 Å². The van der Waals surface area contributed by atoms with Gasteiger partial charge in [0.05, 0.1) is 6.04 Å². The Bertz CT molecular complexity index is 786. The van der Waals surface area contributed by atoms with Gasteiger partial charge in [-0.2, -0.15) is 0 Å². The second kappa shape index (κ2) is 8.04. The monoisotopic (exact) mass is 352 g/mol. The van der Waals surface area contributed by atoms with Gasteiger partial charge in [-0.25, -0.2) is 0 Å². The first-order chi connectivity index (χ1) is 12.5. The van der Waals surface area contributed by atoms with Gasteiger partial charge in [-0.05, 0) is 55.7 Å². The Balaban J connectivity index is 1.51. The van der Waals surface area contributed by atoms with E-state index in [0.29, 0.717) is 12.2 Å². The molecule has 0 radical (unpaired) electrons. The molecule has 0 bridgehead atoms. The molecule has 1 N–H and O–H groups in total. The maximum absolute atomic E-state index is 12.1. The van der Waals surface area contributed by atoms with E-state index in [1.807, 2.05) is 50.2 Å². The highest BCUT2D eigenvalue weighted by molar-refractivity contribution is 5.95. The normalized spacial score (nSPS) is 15.0. The number of hydrogen-bond acceptors (Lipinski definition) is 3. The third-order valence-corrected chi connectivity index (χ3v) is 4.62. The van der Waals surface area contributed by atoms with Crippen molar-refractivity contribution in [2.24, 2.45) is 0 Å². The lowest BCUT2D eigenvalue weighted by Gasteiger charge is -2.17. The highest BCUT2D eigenvalue weighted by Gasteiger charge is 2.21. The van der Waals surface area contributed by atoms with Crippen LogP contribution in [0.2, 0.25) is 0 Å². The molecule has 1 saturated heterocycles. The molecule has 2 aromatic carbocycles. The number of carbonyl (C=O) groups is 2. The Morgan fingerprint density at radius 3 is 2.58 bits per heavy atom. The first-order valence-electron chi connectivity index (χ1n) is 8.93. The van der Waals surface area contributed by atoms with Gasteiger partial charge in [0, 0.05) is 18.7 Å². The maximum atomic E-state index is 12.1. The molecule has 1 atom stereocenters. The van der Waals surface area contributed by atoms with Crippen LogP contribution in [0.25, 0.3) is 0 Å². The van der Waals surface area contributed by atoms with Crippen molar-refractivity contribution in [2.45, 2.75) is 32.7 Å². The topological polar surface area (TPSA) is 58.6 Å². The second-order valence-corrected chi connectivity index (χ2v) is 6.58. The van der Waals surface area contributed by atoms with Gasteiger partial charge < -0.3 is 15.0 Å². The van der Waals surface area contributed by atoms with Crippen LogP contribution in [0.5, 0.6) is 5.75 Å². The summed E-state index contributed by atoms with van der Waals surface area (Å²) in [7, 11) is 0. The summed E-state index contributed by atoms with van der Waals surface area (Å²) < 4.78 is 5.56. The minimum absolute atomic E-state index is 0.0434. The van der Waals surface area contributed by atoms with Crippen molar-refractivity contribution >= 4 is 17.5 Å². The molecular weight excluding hydrogens is 328 g/mol. The van der Waals surface area contributed by atoms with Crippen LogP contribution in [0.3, 0.4) is 0 Å². The van der Waals surface area contributed by atoms with Gasteiger partial charge in [0.1, 0.15) is 5.75 Å². The summed E-state index contributed by atoms with van der Waals surface area (Å²) in [5, 5.41) is 2.95. The van der Waals surface area contributed by atoms with Crippen LogP contribution in [-0.2, 0) is 9.59 Å². The quantitative estimate of drug-likeness (QED) is 0.867. The molecule has 1 aliphatic heterocycles. The predicted molar refractivity (Wildman–Crippen MR) is 101 cm³/mol. The van der Waals surface area contributed by atoms with E-state index in [9.17, 15) is 9.59 Å². The van der Waals surface area contributed by atoms with Crippen molar-refractivity contribution in [2.75, 3.05) is 18.1 Å². The SMILES string of the molecule is Cc1ccccc1C(C)NC(=O)COc1ccc(N2CCCC2=O)cc1. The standard InChI is InChI=1S/C21H24N2O3/c1-15-6-3-4-7-19(15)16(2)22-20(24)14-26-18-11-9-17(10-12-18)23-13-5-8-21(23)25/h3-4,6-7,9-12,16H,5,8,13-14H2,1-2H3,(H,22,24). The zero-order valence-corrected chi connectivity index (χ0v) is 15.2. The highest BCUT2D eigenvalue weighted by atomic mass is 16.5. The molecule has 5 nitrogen and oxygen atoms in total. The van der Waals surface area contributed by atoms with Gasteiger partial charge in [-0.15, -0.1) is 0 Å². The van der Waals surface area contributed by atoms with Gasteiger partial charge in [0.2, 0.25) is 5.91 Å². The van der Waals surface area contributed by atoms with Crippen LogP contribution in [0.15, 0.2) is 48.5 Å². The minimum atomic E-state index is -0.167. The van der Waals surface area contributed by atoms with E-state index < -0.39 is 0 Å². The molecule has 136 valence electrons. The van der Waals surface area contributed by atoms with E-state index >= 15 is 0 Å². The lowest BCUT2D eigenvalue weighted by atomic mass is 10.0. The fraction of sp³-hybridized carbons (Fsp3) is 0.333. The Labute approximate surface area is 154 Å². The average Bonchev–Trinajstić information content (AvgIpc) is 3.06. The van der Waals surface area contributed by atoms with Crippen molar-refractivity contribution in [3.05, 3.63) is 59.7 Å². The Kier molecular flexibility index (Phi) is 5.56. The molecule has 26 heavy (non-hydrogen) atoms. The summed E-state index contributed by atoms with van der Waals surface area (Å²) in [4.78, 5) is 25.7. The molecule has 1 unspecified atom stereocenters. The molecule has 5 heteroatoms. The Hall–Kier alpha value is -2.82. The lowest BCUT2D eigenvalue weighted by Crippen LogP contribution is -2.31. The summed E-state index contributed by atoms with van der Waals surface area (Å²) in [6.45, 7) is 4.71. The smallest absolute Gasteiger partial charge is 0.258 e. The summed E-state index contributed by atoms with van der Waals surface area (Å²) >= 11 is 0. The fourth-order valence-corrected chi connectivity index (χ4v) is 3.23. The van der Waals surface area contributed by atoms with Crippen LogP contribution < -0.4 is 15.0 Å². The number of benzene rings is 2. The molecule has 0 aliphatic carbocycles. The van der Waals surface area contributed by atoms with E-state index in [-0.39, 0.29) is 24.5 Å². The molecule has 3 rings (SSSR count). The van der Waals surface area contributed by atoms with Gasteiger partial charge >= 0.3 is 0 Å². The first kappa shape index (κ1) is 18.0. The molecule has 2 aromatic rings. The summed E-state index contributed by atoms with van der Waals surface area (Å²) in [5.74, 6) is 0.599. The Morgan fingerprint density at radius 2 is 1.92 bits per heavy atom. The number of amides is 2. The van der Waals surface area contributed by atoms with Gasteiger partial charge in [-0.1, -0.05) is 24.3 Å². The molecule has 1 aliphatic rings. The zero-order valence-electron chi connectivity index (χ0n) is 15.2. The zero-order chi connectivity index (χ0) is 18.5. The van der Waals surface area contributed by atoms with Crippen LogP contribution >= 0.6 is 0 Å². The molecule has 1 heterocycles. The molecule has 0 spiro atoms. The molecule has 1 fully saturated rings. The van der Waals surface area contributed by atoms with Crippen molar-refractivity contribution in [3.8, 4) is 5.75 Å². The number of anilines is 1. The number of carbonyl (C=O) groups excluding carboxylic acids is 2. The Morgan fingerprint density at radius 1 is 1.19 bits per heavy atom. The van der Waals surface area contributed by atoms with Crippen molar-refractivity contribution < 1.29 is 14.3 Å². The second-order valence-electron chi connectivity index (χ2n) is 6.58. The minimum Gasteiger partial charge on any atom is -0.484 e. The van der Waals surface area contributed by atoms with Gasteiger partial charge in [-0.3, -0.25) is 9.59 Å². The number of ether oxygens (including phenoxy) is 1. The van der Waals surface area contributed by atoms with Gasteiger partial charge in [0.15, 0.2) is 6.61 Å². The number of nitrogens with one attached hydrogen (secondary N) is 1. The molecule has 0 saturated carbocycles. The van der Waals surface area contributed by atoms with Crippen LogP contribution in [0.4, 0.5) is 5.69 Å². The van der Waals surface area contributed by atoms with Crippen LogP contribution in [-0.4, -0.2) is 25.0 Å². The summed E-state index contributed by atoms with van der Waals surface area (Å²) in [6, 6.07) is 15.2. The van der Waals surface area contributed by atoms with Crippen LogP contribution in [0, 0.1) is 6.92 Å². The maximum Gasteiger partial charge on any atom is 0.258 e. The number of rotatable bonds is 6. The largest absolute Gasteiger partial charge is 0.484 e. The predicted octanol–water partition coefficient (Wildman–Crippen LogP) is 3.38. The fourth-order valence-electron chi connectivity index (χ4n) is 3.23. The number of nitrogens with zero attached hydrogens (tertiary/aromatic N) is 1. The van der Waals surface area contributed by atoms with E-state index in [2.05, 4.69) is 5.32 Å². The summed E-state index contributed by atoms with van der Waals surface area (Å²) in [6.07, 6.45) is 1.51. The lowest BCUT2D eigenvalue weighted by molar-refractivity contribution is -0.123. The third-order valence-electron chi connectivity index (χ3n) is 4.62. The third kappa shape index (κ3) is 4.23. The first-order valence-corrected chi connectivity index (χ1v) is 8.93. The van der Waals surface area contributed by atoms with Crippen molar-refractivity contribution in [3.63, 3.8) is 0 Å². The number of aryl methyl sites for hydroxylation is 1. The highest BCUT2D eigenvalue weighted by Crippen LogP contribution is 2.24. The van der Waals surface area contributed by atoms with Gasteiger partial charge in [0.25, 0.3) is 5.91 Å². The molecule has 0 aromatic heterocycles. The van der Waals surface area contributed by atoms with E-state index in [4.69, 9.17) is 4.74 Å². The molecular formula is C21H24N2O3. The summed E-state index contributed by atoms with van der Waals surface area (Å²) in [5.41, 5.74) is 3.12. The van der Waals surface area contributed by atoms with Crippen LogP contribution in [0.1, 0.15) is 36.9 Å².